The van der Waals surface area contributed by atoms with E-state index in [0.717, 1.165) is 6.42 Å². The van der Waals surface area contributed by atoms with E-state index in [1.807, 2.05) is 18.7 Å². The summed E-state index contributed by atoms with van der Waals surface area (Å²) in [4.78, 5) is 41.2. The highest BCUT2D eigenvalue weighted by atomic mass is 16.2. The van der Waals surface area contributed by atoms with Crippen molar-refractivity contribution in [3.05, 3.63) is 0 Å². The van der Waals surface area contributed by atoms with Crippen LogP contribution in [0, 0.1) is 5.92 Å². The molecule has 21 heavy (non-hydrogen) atoms. The molecule has 2 saturated heterocycles. The number of hydrogen-bond donors (Lipinski definition) is 0. The van der Waals surface area contributed by atoms with Crippen molar-refractivity contribution in [1.29, 1.82) is 0 Å². The average Bonchev–Trinajstić information content (AvgIpc) is 2.87. The molecule has 0 aliphatic carbocycles. The molecule has 2 unspecified atom stereocenters. The van der Waals surface area contributed by atoms with Gasteiger partial charge in [0, 0.05) is 52.1 Å². The maximum atomic E-state index is 12.5. The Kier molecular flexibility index (Phi) is 4.85. The van der Waals surface area contributed by atoms with Crippen LogP contribution < -0.4 is 0 Å². The van der Waals surface area contributed by atoms with Gasteiger partial charge in [0.05, 0.1) is 5.92 Å². The predicted molar refractivity (Wildman–Crippen MR) is 78.4 cm³/mol. The minimum atomic E-state index is -0.213. The molecule has 0 spiro atoms. The van der Waals surface area contributed by atoms with Gasteiger partial charge in [-0.25, -0.2) is 0 Å². The van der Waals surface area contributed by atoms with Crippen LogP contribution in [0.25, 0.3) is 0 Å². The van der Waals surface area contributed by atoms with Crippen LogP contribution in [0.1, 0.15) is 33.6 Å². The summed E-state index contributed by atoms with van der Waals surface area (Å²) in [5.41, 5.74) is 0. The molecule has 2 fully saturated rings. The number of piperazine rings is 1. The van der Waals surface area contributed by atoms with Crippen LogP contribution in [-0.4, -0.2) is 71.2 Å². The molecule has 2 atom stereocenters. The van der Waals surface area contributed by atoms with Gasteiger partial charge in [-0.15, -0.1) is 0 Å². The smallest absolute Gasteiger partial charge is 0.228 e. The summed E-state index contributed by atoms with van der Waals surface area (Å²) < 4.78 is 0. The Morgan fingerprint density at radius 1 is 1.19 bits per heavy atom. The van der Waals surface area contributed by atoms with E-state index in [2.05, 4.69) is 0 Å². The lowest BCUT2D eigenvalue weighted by molar-refractivity contribution is -0.141. The normalized spacial score (nSPS) is 24.4. The lowest BCUT2D eigenvalue weighted by Gasteiger charge is -2.35. The first-order valence-corrected chi connectivity index (χ1v) is 7.77. The Hall–Kier alpha value is -1.59. The van der Waals surface area contributed by atoms with Gasteiger partial charge in [-0.2, -0.15) is 0 Å². The van der Waals surface area contributed by atoms with Gasteiger partial charge in [-0.05, 0) is 13.3 Å². The molecule has 0 N–H and O–H groups in total. The number of carbonyl (C=O) groups excluding carboxylic acids is 3. The third kappa shape index (κ3) is 3.36. The van der Waals surface area contributed by atoms with E-state index in [4.69, 9.17) is 0 Å². The third-order valence-corrected chi connectivity index (χ3v) is 4.67. The Labute approximate surface area is 126 Å². The molecule has 6 nitrogen and oxygen atoms in total. The second-order valence-corrected chi connectivity index (χ2v) is 6.04. The third-order valence-electron chi connectivity index (χ3n) is 4.67. The van der Waals surface area contributed by atoms with E-state index < -0.39 is 0 Å². The quantitative estimate of drug-likeness (QED) is 0.753. The topological polar surface area (TPSA) is 60.9 Å². The lowest BCUT2D eigenvalue weighted by atomic mass is 10.1. The molecule has 2 aliphatic rings. The summed E-state index contributed by atoms with van der Waals surface area (Å²) in [6, 6.07) is 0.199. The number of rotatable bonds is 3. The lowest BCUT2D eigenvalue weighted by Crippen LogP contribution is -2.51. The summed E-state index contributed by atoms with van der Waals surface area (Å²) in [7, 11) is 0. The van der Waals surface area contributed by atoms with Gasteiger partial charge in [-0.1, -0.05) is 6.92 Å². The Bertz CT molecular complexity index is 430. The first-order chi connectivity index (χ1) is 9.93. The van der Waals surface area contributed by atoms with Gasteiger partial charge in [-0.3, -0.25) is 14.4 Å². The van der Waals surface area contributed by atoms with Crippen molar-refractivity contribution in [3.8, 4) is 0 Å². The zero-order chi connectivity index (χ0) is 15.6. The summed E-state index contributed by atoms with van der Waals surface area (Å²) in [6.45, 7) is 8.51. The van der Waals surface area contributed by atoms with Gasteiger partial charge in [0.25, 0.3) is 0 Å². The molecule has 0 aromatic heterocycles. The number of likely N-dealkylation sites (tertiary alicyclic amines) is 1. The van der Waals surface area contributed by atoms with E-state index in [1.54, 1.807) is 16.7 Å². The highest BCUT2D eigenvalue weighted by Gasteiger charge is 2.38. The largest absolute Gasteiger partial charge is 0.339 e. The molecule has 2 heterocycles. The molecule has 2 rings (SSSR count). The van der Waals surface area contributed by atoms with Crippen molar-refractivity contribution in [2.75, 3.05) is 32.7 Å². The summed E-state index contributed by atoms with van der Waals surface area (Å²) in [5.74, 6) is -0.00102. The number of hydrogen-bond acceptors (Lipinski definition) is 3. The van der Waals surface area contributed by atoms with Crippen LogP contribution in [0.3, 0.4) is 0 Å². The molecule has 2 aliphatic heterocycles. The van der Waals surface area contributed by atoms with Crippen molar-refractivity contribution < 1.29 is 14.4 Å². The van der Waals surface area contributed by atoms with Gasteiger partial charge < -0.3 is 14.7 Å². The fourth-order valence-electron chi connectivity index (χ4n) is 3.04. The van der Waals surface area contributed by atoms with Gasteiger partial charge in [0.15, 0.2) is 0 Å². The monoisotopic (exact) mass is 295 g/mol. The Morgan fingerprint density at radius 2 is 1.76 bits per heavy atom. The maximum absolute atomic E-state index is 12.5. The van der Waals surface area contributed by atoms with Crippen LogP contribution in [0.5, 0.6) is 0 Å². The van der Waals surface area contributed by atoms with Crippen molar-refractivity contribution >= 4 is 17.7 Å². The Morgan fingerprint density at radius 3 is 2.29 bits per heavy atom. The first kappa shape index (κ1) is 15.8. The van der Waals surface area contributed by atoms with E-state index >= 15 is 0 Å². The van der Waals surface area contributed by atoms with Crippen molar-refractivity contribution in [2.24, 2.45) is 5.92 Å². The minimum absolute atomic E-state index is 0.0566. The van der Waals surface area contributed by atoms with Crippen molar-refractivity contribution in [1.82, 2.24) is 14.7 Å². The Balaban J connectivity index is 1.90. The number of carbonyl (C=O) groups is 3. The van der Waals surface area contributed by atoms with E-state index in [0.29, 0.717) is 39.1 Å². The van der Waals surface area contributed by atoms with E-state index in [-0.39, 0.29) is 29.7 Å². The summed E-state index contributed by atoms with van der Waals surface area (Å²) in [5, 5.41) is 0. The second kappa shape index (κ2) is 6.45. The molecule has 118 valence electrons. The van der Waals surface area contributed by atoms with E-state index in [1.165, 1.54) is 0 Å². The standard InChI is InChI=1S/C15H25N3O3/c1-4-11(2)18-10-13(9-14(18)20)15(21)17-7-5-16(6-8-17)12(3)19/h11,13H,4-10H2,1-3H3. The van der Waals surface area contributed by atoms with Crippen LogP contribution in [0.4, 0.5) is 0 Å². The molecular formula is C15H25N3O3. The number of amides is 3. The van der Waals surface area contributed by atoms with Gasteiger partial charge in [0.2, 0.25) is 17.7 Å². The molecule has 0 radical (unpaired) electrons. The van der Waals surface area contributed by atoms with Crippen LogP contribution in [-0.2, 0) is 14.4 Å². The molecule has 6 heteroatoms. The molecule has 0 saturated carbocycles. The zero-order valence-corrected chi connectivity index (χ0v) is 13.2. The van der Waals surface area contributed by atoms with Crippen molar-refractivity contribution in [2.45, 2.75) is 39.7 Å². The zero-order valence-electron chi connectivity index (χ0n) is 13.2. The highest BCUT2D eigenvalue weighted by Crippen LogP contribution is 2.23. The molecular weight excluding hydrogens is 270 g/mol. The number of nitrogens with zero attached hydrogens (tertiary/aromatic N) is 3. The van der Waals surface area contributed by atoms with E-state index in [9.17, 15) is 14.4 Å². The predicted octanol–water partition coefficient (Wildman–Crippen LogP) is 0.324. The summed E-state index contributed by atoms with van der Waals surface area (Å²) in [6.07, 6.45) is 1.24. The van der Waals surface area contributed by atoms with Crippen molar-refractivity contribution in [3.63, 3.8) is 0 Å². The SMILES string of the molecule is CCC(C)N1CC(C(=O)N2CCN(C(C)=O)CC2)CC1=O. The average molecular weight is 295 g/mol. The maximum Gasteiger partial charge on any atom is 0.228 e. The van der Waals surface area contributed by atoms with Crippen LogP contribution in [0.2, 0.25) is 0 Å². The van der Waals surface area contributed by atoms with Gasteiger partial charge in [0.1, 0.15) is 0 Å². The molecule has 3 amide bonds. The highest BCUT2D eigenvalue weighted by molar-refractivity contribution is 5.89. The van der Waals surface area contributed by atoms with Gasteiger partial charge >= 0.3 is 0 Å². The molecule has 0 aromatic rings. The fourth-order valence-corrected chi connectivity index (χ4v) is 3.04. The van der Waals surface area contributed by atoms with Crippen LogP contribution in [0.15, 0.2) is 0 Å². The second-order valence-electron chi connectivity index (χ2n) is 6.04. The molecule has 0 aromatic carbocycles. The fraction of sp³-hybridized carbons (Fsp3) is 0.800. The van der Waals surface area contributed by atoms with Crippen LogP contribution >= 0.6 is 0 Å². The summed E-state index contributed by atoms with van der Waals surface area (Å²) >= 11 is 0. The minimum Gasteiger partial charge on any atom is -0.339 e. The molecule has 0 bridgehead atoms. The first-order valence-electron chi connectivity index (χ1n) is 7.77.